The number of halogens is 6. The third-order valence-electron chi connectivity index (χ3n) is 10.8. The molecule has 14 N–H and O–H groups in total. The number of carboxylic acids is 8. The number of aromatic hydroxyl groups is 2. The van der Waals surface area contributed by atoms with Gasteiger partial charge in [-0.25, -0.2) is 24.0 Å². The van der Waals surface area contributed by atoms with E-state index >= 15 is 0 Å². The number of phenols is 2. The van der Waals surface area contributed by atoms with Crippen molar-refractivity contribution in [3.63, 3.8) is 0 Å². The van der Waals surface area contributed by atoms with E-state index in [0.29, 0.717) is 67.3 Å². The first-order valence-corrected chi connectivity index (χ1v) is 24.2. The van der Waals surface area contributed by atoms with E-state index in [1.165, 1.54) is 21.9 Å². The molecule has 4 amide bonds. The Morgan fingerprint density at radius 1 is 0.469 bits per heavy atom. The van der Waals surface area contributed by atoms with Gasteiger partial charge >= 0.3 is 66.1 Å². The Bertz CT molecular complexity index is 2420. The lowest BCUT2D eigenvalue weighted by Gasteiger charge is -2.26. The third kappa shape index (κ3) is 35.6. The Balaban J connectivity index is 0.00000402. The molecule has 0 saturated heterocycles. The Morgan fingerprint density at radius 3 is 1.23 bits per heavy atom. The van der Waals surface area contributed by atoms with Crippen LogP contribution in [0.2, 0.25) is 0 Å². The van der Waals surface area contributed by atoms with Gasteiger partial charge in [0.2, 0.25) is 11.8 Å². The van der Waals surface area contributed by atoms with Crippen LogP contribution in [0.15, 0.2) is 36.4 Å². The SMILES string of the molecule is O=C(O)C(F)(F)F.O=C(O)C(F)(F)F.O=C(O)CCc1ccc(O)c(CN(CCN(CC(=O)O)Cc2cc(CCC(=O)NCCCCCC(=O)NCCCC[C@H](NC(=O)N[C@@H](CCC(=O)O)C(=O)O)C(=O)O)ccc2O)CC(=O)O)c1. The number of alkyl halides is 6. The third-order valence-corrected chi connectivity index (χ3v) is 10.8. The molecule has 2 atom stereocenters. The van der Waals surface area contributed by atoms with Gasteiger partial charge in [0.15, 0.2) is 0 Å². The summed E-state index contributed by atoms with van der Waals surface area (Å²) in [7, 11) is 0. The predicted octanol–water partition coefficient (Wildman–Crippen LogP) is 2.82. The predicted molar refractivity (Wildman–Crippen MR) is 263 cm³/mol. The van der Waals surface area contributed by atoms with Gasteiger partial charge in [0, 0.05) is 76.1 Å². The average molecular weight is 1180 g/mol. The van der Waals surface area contributed by atoms with Gasteiger partial charge in [-0.3, -0.25) is 38.6 Å². The molecule has 0 radical (unpaired) electrons. The Hall–Kier alpha value is -8.49. The van der Waals surface area contributed by atoms with Gasteiger partial charge < -0.3 is 72.3 Å². The maximum Gasteiger partial charge on any atom is 0.490 e. The molecular formula is C48H64F6N6O21. The number of hydrogen-bond acceptors (Lipinski definition) is 15. The number of amides is 4. The zero-order valence-corrected chi connectivity index (χ0v) is 43.1. The molecule has 0 aliphatic rings. The van der Waals surface area contributed by atoms with Crippen molar-refractivity contribution in [1.29, 1.82) is 0 Å². The van der Waals surface area contributed by atoms with Gasteiger partial charge in [0.05, 0.1) is 13.1 Å². The van der Waals surface area contributed by atoms with Crippen LogP contribution < -0.4 is 21.3 Å². The molecule has 0 saturated carbocycles. The second-order valence-electron chi connectivity index (χ2n) is 17.5. The topological polar surface area (TPSA) is 445 Å². The van der Waals surface area contributed by atoms with Crippen molar-refractivity contribution in [2.24, 2.45) is 0 Å². The second kappa shape index (κ2) is 37.4. The molecule has 0 heterocycles. The minimum atomic E-state index is -5.08. The summed E-state index contributed by atoms with van der Waals surface area (Å²) in [6.07, 6.45) is -7.83. The van der Waals surface area contributed by atoms with Crippen LogP contribution in [0.5, 0.6) is 11.5 Å². The van der Waals surface area contributed by atoms with Gasteiger partial charge in [-0.05, 0) is 74.6 Å². The highest BCUT2D eigenvalue weighted by Crippen LogP contribution is 2.24. The molecule has 33 heteroatoms. The summed E-state index contributed by atoms with van der Waals surface area (Å²) in [6.45, 7) is -0.139. The lowest BCUT2D eigenvalue weighted by molar-refractivity contribution is -0.193. The summed E-state index contributed by atoms with van der Waals surface area (Å²) in [6, 6.07) is 5.41. The van der Waals surface area contributed by atoms with Crippen molar-refractivity contribution in [3.05, 3.63) is 58.7 Å². The standard InChI is InChI=1S/C44H62N6O17.2C2HF3O2/c51-34-13-8-28(22-30(34)24-49(26-40(59)60)20-21-50(27-41(61)62)25-31-23-29(9-14-35(31)52)11-16-38(55)56)10-15-37(54)46-18-4-1-2-7-36(53)45-19-5-3-6-32(42(63)64)47-44(67)48-33(43(65)66)12-17-39(57)58;2*3-2(4,5)1(6)7/h8-9,13-14,22-23,32-33,51-52H,1-7,10-12,15-21,24-27H2,(H,45,53)(H,46,54)(H,55,56)(H,57,58)(H,59,60)(H,61,62)(H,63,64)(H,65,66)(H2,47,48,67);2*(H,6,7)/t32-,33-;;/m0../s1. The maximum absolute atomic E-state index is 12.6. The van der Waals surface area contributed by atoms with Crippen LogP contribution in [0.3, 0.4) is 0 Å². The number of carbonyl (C=O) groups excluding carboxylic acids is 3. The zero-order valence-electron chi connectivity index (χ0n) is 43.1. The number of carbonyl (C=O) groups is 11. The van der Waals surface area contributed by atoms with Gasteiger partial charge in [0.25, 0.3) is 0 Å². The quantitative estimate of drug-likeness (QED) is 0.0348. The Morgan fingerprint density at radius 2 is 0.852 bits per heavy atom. The van der Waals surface area contributed by atoms with E-state index in [2.05, 4.69) is 21.3 Å². The molecule has 0 aliphatic carbocycles. The number of carboxylic acid groups (broad SMARTS) is 8. The van der Waals surface area contributed by atoms with Gasteiger partial charge in [-0.1, -0.05) is 30.7 Å². The van der Waals surface area contributed by atoms with Crippen LogP contribution >= 0.6 is 0 Å². The number of rotatable bonds is 35. The van der Waals surface area contributed by atoms with Crippen LogP contribution in [0.4, 0.5) is 31.1 Å². The largest absolute Gasteiger partial charge is 0.508 e. The molecule has 2 rings (SSSR count). The average Bonchev–Trinajstić information content (AvgIpc) is 3.37. The molecular weight excluding hydrogens is 1110 g/mol. The number of nitrogens with zero attached hydrogens (tertiary/aromatic N) is 2. The smallest absolute Gasteiger partial charge is 0.490 e. The molecule has 0 unspecified atom stereocenters. The number of aliphatic carboxylic acids is 8. The first kappa shape index (κ1) is 72.5. The number of urea groups is 1. The van der Waals surface area contributed by atoms with E-state index in [1.54, 1.807) is 24.3 Å². The lowest BCUT2D eigenvalue weighted by Crippen LogP contribution is -2.51. The zero-order chi connectivity index (χ0) is 62.0. The number of phenolic OH excluding ortho intramolecular Hbond substituents is 2. The summed E-state index contributed by atoms with van der Waals surface area (Å²) in [5.41, 5.74) is 2.12. The van der Waals surface area contributed by atoms with Crippen LogP contribution in [0.25, 0.3) is 0 Å². The molecule has 454 valence electrons. The molecule has 27 nitrogen and oxygen atoms in total. The highest BCUT2D eigenvalue weighted by molar-refractivity contribution is 5.86. The molecule has 0 fully saturated rings. The summed E-state index contributed by atoms with van der Waals surface area (Å²) in [5.74, 6) is -13.5. The van der Waals surface area contributed by atoms with E-state index in [0.717, 1.165) is 0 Å². The van der Waals surface area contributed by atoms with E-state index < -0.39 is 97.7 Å². The Kier molecular flexibility index (Phi) is 33.5. The fourth-order valence-corrected chi connectivity index (χ4v) is 6.76. The highest BCUT2D eigenvalue weighted by atomic mass is 19.4. The van der Waals surface area contributed by atoms with E-state index in [9.17, 15) is 95.0 Å². The molecule has 0 aromatic heterocycles. The van der Waals surface area contributed by atoms with Gasteiger partial charge in [-0.15, -0.1) is 0 Å². The number of benzene rings is 2. The summed E-state index contributed by atoms with van der Waals surface area (Å²) in [4.78, 5) is 126. The van der Waals surface area contributed by atoms with Crippen molar-refractivity contribution >= 4 is 65.6 Å². The second-order valence-corrected chi connectivity index (χ2v) is 17.5. The van der Waals surface area contributed by atoms with Gasteiger partial charge in [-0.2, -0.15) is 26.3 Å². The molecule has 2 aromatic carbocycles. The van der Waals surface area contributed by atoms with Crippen LogP contribution in [0, 0.1) is 0 Å². The first-order chi connectivity index (χ1) is 37.6. The van der Waals surface area contributed by atoms with Crippen molar-refractivity contribution < 1.29 is 130 Å². The minimum absolute atomic E-state index is 0.00728. The van der Waals surface area contributed by atoms with Crippen LogP contribution in [-0.2, 0) is 73.9 Å². The molecule has 0 spiro atoms. The molecule has 81 heavy (non-hydrogen) atoms. The summed E-state index contributed by atoms with van der Waals surface area (Å²) in [5, 5.41) is 101. The van der Waals surface area contributed by atoms with Crippen molar-refractivity contribution in [2.75, 3.05) is 39.3 Å². The lowest BCUT2D eigenvalue weighted by atomic mass is 10.0. The monoisotopic (exact) mass is 1170 g/mol. The minimum Gasteiger partial charge on any atom is -0.508 e. The number of hydrogen-bond donors (Lipinski definition) is 14. The number of nitrogens with one attached hydrogen (secondary N) is 4. The molecule has 2 aromatic rings. The fourth-order valence-electron chi connectivity index (χ4n) is 6.76. The first-order valence-electron chi connectivity index (χ1n) is 24.2. The maximum atomic E-state index is 12.6. The van der Waals surface area contributed by atoms with E-state index in [1.807, 2.05) is 0 Å². The van der Waals surface area contributed by atoms with Crippen molar-refractivity contribution in [2.45, 2.75) is 121 Å². The van der Waals surface area contributed by atoms with Crippen molar-refractivity contribution in [3.8, 4) is 11.5 Å². The highest BCUT2D eigenvalue weighted by Gasteiger charge is 2.39. The summed E-state index contributed by atoms with van der Waals surface area (Å²) >= 11 is 0. The van der Waals surface area contributed by atoms with E-state index in [4.69, 9.17) is 35.1 Å². The molecule has 0 bridgehead atoms. The van der Waals surface area contributed by atoms with Crippen LogP contribution in [0.1, 0.15) is 92.9 Å². The number of aryl methyl sites for hydroxylation is 2. The van der Waals surface area contributed by atoms with Crippen LogP contribution in [-0.4, -0.2) is 190 Å². The van der Waals surface area contributed by atoms with Crippen molar-refractivity contribution in [1.82, 2.24) is 31.1 Å². The number of unbranched alkanes of at least 4 members (excludes halogenated alkanes) is 3. The fraction of sp³-hybridized carbons (Fsp3) is 0.521. The normalized spacial score (nSPS) is 11.8. The Labute approximate surface area is 456 Å². The van der Waals surface area contributed by atoms with Gasteiger partial charge in [0.1, 0.15) is 23.6 Å². The van der Waals surface area contributed by atoms with E-state index in [-0.39, 0.29) is 94.6 Å². The molecule has 0 aliphatic heterocycles. The summed E-state index contributed by atoms with van der Waals surface area (Å²) < 4.78 is 63.5.